The summed E-state index contributed by atoms with van der Waals surface area (Å²) in [4.78, 5) is 43.4. The summed E-state index contributed by atoms with van der Waals surface area (Å²) in [5.74, 6) is -0.387. The molecule has 2 fully saturated rings. The van der Waals surface area contributed by atoms with E-state index in [2.05, 4.69) is 11.5 Å². The van der Waals surface area contributed by atoms with Crippen LogP contribution in [0.2, 0.25) is 0 Å². The zero-order chi connectivity index (χ0) is 34.6. The van der Waals surface area contributed by atoms with Crippen molar-refractivity contribution >= 4 is 23.9 Å². The number of carbonyl (C=O) groups is 3. The van der Waals surface area contributed by atoms with Gasteiger partial charge in [-0.1, -0.05) is 38.1 Å². The third kappa shape index (κ3) is 5.49. The van der Waals surface area contributed by atoms with Crippen LogP contribution in [-0.4, -0.2) is 71.1 Å². The van der Waals surface area contributed by atoms with Crippen molar-refractivity contribution in [1.82, 2.24) is 9.80 Å². The number of esters is 2. The molecule has 6 rings (SSSR count). The van der Waals surface area contributed by atoms with Gasteiger partial charge in [-0.05, 0) is 67.0 Å². The van der Waals surface area contributed by atoms with Crippen molar-refractivity contribution in [3.63, 3.8) is 0 Å². The lowest BCUT2D eigenvalue weighted by molar-refractivity contribution is -0.223. The number of halogens is 3. The molecule has 1 saturated carbocycles. The lowest BCUT2D eigenvalue weighted by Crippen LogP contribution is -2.79. The Morgan fingerprint density at radius 3 is 2.46 bits per heavy atom. The predicted molar refractivity (Wildman–Crippen MR) is 172 cm³/mol. The third-order valence-electron chi connectivity index (χ3n) is 10.3. The molecule has 0 unspecified atom stereocenters. The maximum atomic E-state index is 14.1. The van der Waals surface area contributed by atoms with Crippen LogP contribution in [-0.2, 0) is 37.1 Å². The van der Waals surface area contributed by atoms with Crippen LogP contribution in [0.1, 0.15) is 69.2 Å². The predicted octanol–water partition coefficient (Wildman–Crippen LogP) is 6.11. The van der Waals surface area contributed by atoms with Gasteiger partial charge >= 0.3 is 18.1 Å². The second kappa shape index (κ2) is 12.4. The number of carbonyl (C=O) groups excluding carboxylic acids is 3. The van der Waals surface area contributed by atoms with Crippen LogP contribution < -0.4 is 9.47 Å². The number of rotatable bonds is 9. The smallest absolute Gasteiger partial charge is 0.416 e. The molecule has 0 N–H and O–H groups in total. The highest BCUT2D eigenvalue weighted by Crippen LogP contribution is 2.67. The number of hydrogen-bond acceptors (Lipinski definition) is 7. The van der Waals surface area contributed by atoms with Gasteiger partial charge in [0.15, 0.2) is 11.5 Å². The Kier molecular flexibility index (Phi) is 8.72. The van der Waals surface area contributed by atoms with E-state index in [-0.39, 0.29) is 23.6 Å². The van der Waals surface area contributed by atoms with E-state index >= 15 is 0 Å². The molecule has 1 amide bonds. The molecule has 8 nitrogen and oxygen atoms in total. The van der Waals surface area contributed by atoms with Crippen LogP contribution in [0.5, 0.6) is 11.5 Å². The molecular formula is C37H41F3N2O6. The maximum absolute atomic E-state index is 14.1. The SMILES string of the molecule is C=CCN1CC[C@]23c4c5ccc(OC(C)=O)c4O[C@H]2[C@@H](N(CC(C)C)C(=O)C=Cc2ccc(C(F)(F)F)cc2)CC[C@@]3(OC(C)=O)[C@H]1C5. The first-order valence-corrected chi connectivity index (χ1v) is 16.4. The van der Waals surface area contributed by atoms with E-state index in [0.717, 1.165) is 23.3 Å². The Balaban J connectivity index is 1.45. The summed E-state index contributed by atoms with van der Waals surface area (Å²) in [5, 5.41) is 0. The normalized spacial score (nSPS) is 27.3. The van der Waals surface area contributed by atoms with Gasteiger partial charge in [0.2, 0.25) is 5.91 Å². The molecule has 4 aliphatic rings. The van der Waals surface area contributed by atoms with Crippen molar-refractivity contribution in [2.45, 2.75) is 88.8 Å². The number of hydrogen-bond donors (Lipinski definition) is 0. The Labute approximate surface area is 278 Å². The van der Waals surface area contributed by atoms with Gasteiger partial charge in [0, 0.05) is 45.1 Å². The van der Waals surface area contributed by atoms with Crippen molar-refractivity contribution in [3.8, 4) is 11.5 Å². The van der Waals surface area contributed by atoms with Crippen LogP contribution in [0, 0.1) is 5.92 Å². The molecule has 256 valence electrons. The first-order valence-electron chi connectivity index (χ1n) is 16.4. The summed E-state index contributed by atoms with van der Waals surface area (Å²) in [6, 6.07) is 7.73. The van der Waals surface area contributed by atoms with E-state index in [1.54, 1.807) is 11.0 Å². The minimum Gasteiger partial charge on any atom is -0.483 e. The van der Waals surface area contributed by atoms with Crippen molar-refractivity contribution in [1.29, 1.82) is 0 Å². The lowest BCUT2D eigenvalue weighted by Gasteiger charge is -2.65. The number of ether oxygens (including phenoxy) is 3. The fourth-order valence-corrected chi connectivity index (χ4v) is 8.80. The molecule has 2 aromatic rings. The van der Waals surface area contributed by atoms with Crippen molar-refractivity contribution < 1.29 is 41.8 Å². The highest BCUT2D eigenvalue weighted by atomic mass is 19.4. The quantitative estimate of drug-likeness (QED) is 0.138. The Bertz CT molecular complexity index is 1650. The highest BCUT2D eigenvalue weighted by molar-refractivity contribution is 5.92. The van der Waals surface area contributed by atoms with Crippen LogP contribution >= 0.6 is 0 Å². The lowest BCUT2D eigenvalue weighted by atomic mass is 9.48. The first kappa shape index (κ1) is 33.8. The van der Waals surface area contributed by atoms with Gasteiger partial charge in [-0.3, -0.25) is 19.3 Å². The molecule has 2 heterocycles. The fraction of sp³-hybridized carbons (Fsp3) is 0.486. The third-order valence-corrected chi connectivity index (χ3v) is 10.3. The zero-order valence-corrected chi connectivity index (χ0v) is 27.6. The molecule has 1 spiro atoms. The summed E-state index contributed by atoms with van der Waals surface area (Å²) >= 11 is 0. The van der Waals surface area contributed by atoms with E-state index in [4.69, 9.17) is 14.2 Å². The average Bonchev–Trinajstić information content (AvgIpc) is 3.36. The van der Waals surface area contributed by atoms with Crippen LogP contribution in [0.25, 0.3) is 6.08 Å². The molecule has 1 saturated heterocycles. The average molecular weight is 667 g/mol. The maximum Gasteiger partial charge on any atom is 0.416 e. The molecular weight excluding hydrogens is 625 g/mol. The monoisotopic (exact) mass is 666 g/mol. The van der Waals surface area contributed by atoms with Crippen LogP contribution in [0.3, 0.4) is 0 Å². The number of piperidine rings is 1. The van der Waals surface area contributed by atoms with Crippen molar-refractivity contribution in [3.05, 3.63) is 77.4 Å². The first-order chi connectivity index (χ1) is 22.7. The van der Waals surface area contributed by atoms with Gasteiger partial charge in [-0.25, -0.2) is 0 Å². The number of alkyl halides is 3. The van der Waals surface area contributed by atoms with Gasteiger partial charge in [0.1, 0.15) is 11.7 Å². The summed E-state index contributed by atoms with van der Waals surface area (Å²) in [7, 11) is 0. The number of likely N-dealkylation sites (tertiary alicyclic amines) is 1. The number of amides is 1. The zero-order valence-electron chi connectivity index (χ0n) is 27.6. The summed E-state index contributed by atoms with van der Waals surface area (Å²) in [5.41, 5.74) is -0.215. The van der Waals surface area contributed by atoms with Crippen LogP contribution in [0.15, 0.2) is 55.1 Å². The van der Waals surface area contributed by atoms with E-state index in [0.29, 0.717) is 56.6 Å². The number of nitrogens with zero attached hydrogens (tertiary/aromatic N) is 2. The number of benzene rings is 2. The second-order valence-electron chi connectivity index (χ2n) is 13.7. The van der Waals surface area contributed by atoms with Gasteiger partial charge in [-0.2, -0.15) is 13.2 Å². The Morgan fingerprint density at radius 2 is 1.83 bits per heavy atom. The molecule has 2 aliphatic heterocycles. The minimum atomic E-state index is -4.46. The van der Waals surface area contributed by atoms with Crippen LogP contribution in [0.4, 0.5) is 13.2 Å². The molecule has 0 radical (unpaired) electrons. The standard InChI is InChI=1S/C37H41F3N2O6/c1-6-18-41-19-17-35-32-26-10-13-29(46-23(4)43)33(32)47-34(35)28(15-16-36(35,30(41)20-26)48-24(5)44)42(21-22(2)3)31(45)14-9-25-7-11-27(12-8-25)37(38,39)40/h6-14,22,28,30,34H,1,15-21H2,2-5H3/t28-,30+,34-,35-,36+/m0/s1. The van der Waals surface area contributed by atoms with Gasteiger partial charge in [-0.15, -0.1) is 6.58 Å². The molecule has 5 atom stereocenters. The highest BCUT2D eigenvalue weighted by Gasteiger charge is 2.75. The molecule has 11 heteroatoms. The van der Waals surface area contributed by atoms with Crippen molar-refractivity contribution in [2.24, 2.45) is 5.92 Å². The van der Waals surface area contributed by atoms with Gasteiger partial charge in [0.05, 0.1) is 23.1 Å². The van der Waals surface area contributed by atoms with E-state index < -0.39 is 46.8 Å². The van der Waals surface area contributed by atoms with E-state index in [1.165, 1.54) is 38.1 Å². The van der Waals surface area contributed by atoms with E-state index in [1.807, 2.05) is 26.0 Å². The summed E-state index contributed by atoms with van der Waals surface area (Å²) in [6.07, 6.45) is 1.78. The Hall–Kier alpha value is -4.12. The molecule has 48 heavy (non-hydrogen) atoms. The topological polar surface area (TPSA) is 85.4 Å². The molecule has 0 aromatic heterocycles. The second-order valence-corrected chi connectivity index (χ2v) is 13.7. The van der Waals surface area contributed by atoms with E-state index in [9.17, 15) is 27.6 Å². The molecule has 2 aromatic carbocycles. The van der Waals surface area contributed by atoms with Gasteiger partial charge < -0.3 is 19.1 Å². The Morgan fingerprint density at radius 1 is 1.10 bits per heavy atom. The van der Waals surface area contributed by atoms with Gasteiger partial charge in [0.25, 0.3) is 0 Å². The fourth-order valence-electron chi connectivity index (χ4n) is 8.80. The molecule has 2 bridgehead atoms. The summed E-state index contributed by atoms with van der Waals surface area (Å²) < 4.78 is 58.4. The summed E-state index contributed by atoms with van der Waals surface area (Å²) in [6.45, 7) is 12.4. The largest absolute Gasteiger partial charge is 0.483 e. The molecule has 2 aliphatic carbocycles. The minimum absolute atomic E-state index is 0.0792. The van der Waals surface area contributed by atoms with Crippen molar-refractivity contribution in [2.75, 3.05) is 19.6 Å².